The molecule has 1 atom stereocenters. The minimum Gasteiger partial charge on any atom is -0.492 e. The lowest BCUT2D eigenvalue weighted by Crippen LogP contribution is -2.08. The molecule has 1 unspecified atom stereocenters. The highest BCUT2D eigenvalue weighted by atomic mass is 16.5. The van der Waals surface area contributed by atoms with E-state index in [2.05, 4.69) is 26.0 Å². The number of hydrogen-bond donors (Lipinski definition) is 1. The molecule has 2 heteroatoms. The maximum atomic E-state index is 5.69. The second-order valence-corrected chi connectivity index (χ2v) is 4.09. The summed E-state index contributed by atoms with van der Waals surface area (Å²) < 4.78 is 5.69. The van der Waals surface area contributed by atoms with E-state index in [4.69, 9.17) is 10.5 Å². The van der Waals surface area contributed by atoms with E-state index in [9.17, 15) is 0 Å². The van der Waals surface area contributed by atoms with Crippen LogP contribution in [0.15, 0.2) is 12.1 Å². The van der Waals surface area contributed by atoms with Crippen LogP contribution < -0.4 is 10.5 Å². The molecule has 1 heterocycles. The number of aryl methyl sites for hydroxylation is 2. The molecule has 0 radical (unpaired) electrons. The van der Waals surface area contributed by atoms with Crippen molar-refractivity contribution in [2.24, 2.45) is 5.73 Å². The zero-order valence-electron chi connectivity index (χ0n) is 8.84. The molecule has 1 aliphatic heterocycles. The molecule has 1 aromatic rings. The van der Waals surface area contributed by atoms with E-state index < -0.39 is 0 Å². The predicted molar refractivity (Wildman–Crippen MR) is 57.8 cm³/mol. The second kappa shape index (κ2) is 3.62. The quantitative estimate of drug-likeness (QED) is 0.777. The van der Waals surface area contributed by atoms with Gasteiger partial charge in [-0.2, -0.15) is 0 Å². The lowest BCUT2D eigenvalue weighted by molar-refractivity contribution is 0.325. The van der Waals surface area contributed by atoms with Crippen LogP contribution in [-0.4, -0.2) is 13.2 Å². The van der Waals surface area contributed by atoms with Gasteiger partial charge in [-0.1, -0.05) is 17.7 Å². The van der Waals surface area contributed by atoms with Gasteiger partial charge in [0.1, 0.15) is 5.75 Å². The Morgan fingerprint density at radius 2 is 2.21 bits per heavy atom. The molecule has 0 amide bonds. The van der Waals surface area contributed by atoms with Crippen molar-refractivity contribution in [1.82, 2.24) is 0 Å². The van der Waals surface area contributed by atoms with Crippen molar-refractivity contribution < 1.29 is 4.74 Å². The van der Waals surface area contributed by atoms with Crippen LogP contribution in [0.3, 0.4) is 0 Å². The highest BCUT2D eigenvalue weighted by Gasteiger charge is 2.24. The van der Waals surface area contributed by atoms with Crippen molar-refractivity contribution >= 4 is 0 Å². The van der Waals surface area contributed by atoms with E-state index in [1.165, 1.54) is 16.7 Å². The van der Waals surface area contributed by atoms with Gasteiger partial charge in [0.25, 0.3) is 0 Å². The molecule has 2 N–H and O–H groups in total. The molecule has 0 aromatic heterocycles. The Balaban J connectivity index is 2.38. The maximum Gasteiger partial charge on any atom is 0.125 e. The molecule has 0 saturated heterocycles. The van der Waals surface area contributed by atoms with Gasteiger partial charge >= 0.3 is 0 Å². The first-order valence-corrected chi connectivity index (χ1v) is 5.16. The number of fused-ring (bicyclic) bond motifs is 1. The SMILES string of the molecule is Cc1cc(C)c2c(c1)C(CCN)CO2. The van der Waals surface area contributed by atoms with Crippen LogP contribution in [-0.2, 0) is 0 Å². The Hall–Kier alpha value is -1.02. The molecule has 0 aliphatic carbocycles. The van der Waals surface area contributed by atoms with Gasteiger partial charge in [-0.05, 0) is 32.4 Å². The largest absolute Gasteiger partial charge is 0.492 e. The van der Waals surface area contributed by atoms with E-state index in [-0.39, 0.29) is 0 Å². The van der Waals surface area contributed by atoms with Crippen molar-refractivity contribution in [3.8, 4) is 5.75 Å². The molecule has 0 bridgehead atoms. The minimum atomic E-state index is 0.508. The number of benzene rings is 1. The summed E-state index contributed by atoms with van der Waals surface area (Å²) in [6, 6.07) is 4.40. The van der Waals surface area contributed by atoms with E-state index in [0.29, 0.717) is 5.92 Å². The van der Waals surface area contributed by atoms with Gasteiger partial charge in [-0.3, -0.25) is 0 Å². The zero-order valence-corrected chi connectivity index (χ0v) is 8.84. The Kier molecular flexibility index (Phi) is 2.46. The van der Waals surface area contributed by atoms with Crippen LogP contribution in [0, 0.1) is 13.8 Å². The number of nitrogens with two attached hydrogens (primary N) is 1. The Bertz CT molecular complexity index is 346. The third-order valence-corrected chi connectivity index (χ3v) is 2.83. The highest BCUT2D eigenvalue weighted by molar-refractivity contribution is 5.48. The fourth-order valence-corrected chi connectivity index (χ4v) is 2.20. The lowest BCUT2D eigenvalue weighted by atomic mass is 9.95. The number of ether oxygens (including phenoxy) is 1. The summed E-state index contributed by atoms with van der Waals surface area (Å²) in [6.07, 6.45) is 1.02. The van der Waals surface area contributed by atoms with E-state index in [0.717, 1.165) is 25.3 Å². The summed E-state index contributed by atoms with van der Waals surface area (Å²) in [7, 11) is 0. The predicted octanol–water partition coefficient (Wildman–Crippen LogP) is 2.13. The van der Waals surface area contributed by atoms with E-state index >= 15 is 0 Å². The summed E-state index contributed by atoms with van der Waals surface area (Å²) in [4.78, 5) is 0. The molecular weight excluding hydrogens is 174 g/mol. The Morgan fingerprint density at radius 1 is 1.43 bits per heavy atom. The topological polar surface area (TPSA) is 35.2 Å². The van der Waals surface area contributed by atoms with Gasteiger partial charge < -0.3 is 10.5 Å². The van der Waals surface area contributed by atoms with Crippen LogP contribution in [0.2, 0.25) is 0 Å². The van der Waals surface area contributed by atoms with Gasteiger partial charge in [0.15, 0.2) is 0 Å². The lowest BCUT2D eigenvalue weighted by Gasteiger charge is -2.08. The first-order valence-electron chi connectivity index (χ1n) is 5.16. The number of rotatable bonds is 2. The standard InChI is InChI=1S/C12H17NO/c1-8-5-9(2)12-11(6-8)10(3-4-13)7-14-12/h5-6,10H,3-4,7,13H2,1-2H3. The monoisotopic (exact) mass is 191 g/mol. The van der Waals surface area contributed by atoms with Crippen molar-refractivity contribution in [3.05, 3.63) is 28.8 Å². The molecule has 1 aliphatic rings. The first-order chi connectivity index (χ1) is 6.72. The summed E-state index contributed by atoms with van der Waals surface area (Å²) in [5, 5.41) is 0. The molecule has 14 heavy (non-hydrogen) atoms. The molecule has 0 saturated carbocycles. The van der Waals surface area contributed by atoms with E-state index in [1.54, 1.807) is 0 Å². The fraction of sp³-hybridized carbons (Fsp3) is 0.500. The van der Waals surface area contributed by atoms with Crippen LogP contribution in [0.5, 0.6) is 5.75 Å². The van der Waals surface area contributed by atoms with Crippen molar-refractivity contribution in [1.29, 1.82) is 0 Å². The smallest absolute Gasteiger partial charge is 0.125 e. The third-order valence-electron chi connectivity index (χ3n) is 2.83. The minimum absolute atomic E-state index is 0.508. The van der Waals surface area contributed by atoms with Crippen molar-refractivity contribution in [3.63, 3.8) is 0 Å². The van der Waals surface area contributed by atoms with Gasteiger partial charge in [-0.25, -0.2) is 0 Å². The van der Waals surface area contributed by atoms with Crippen LogP contribution in [0.25, 0.3) is 0 Å². The molecule has 76 valence electrons. The van der Waals surface area contributed by atoms with Crippen LogP contribution in [0.1, 0.15) is 29.0 Å². The average molecular weight is 191 g/mol. The molecule has 0 spiro atoms. The second-order valence-electron chi connectivity index (χ2n) is 4.09. The van der Waals surface area contributed by atoms with Crippen molar-refractivity contribution in [2.75, 3.05) is 13.2 Å². The Labute approximate surface area is 85.1 Å². The Morgan fingerprint density at radius 3 is 2.93 bits per heavy atom. The van der Waals surface area contributed by atoms with Gasteiger partial charge in [0, 0.05) is 11.5 Å². The maximum absolute atomic E-state index is 5.69. The summed E-state index contributed by atoms with van der Waals surface area (Å²) in [5.74, 6) is 1.60. The third kappa shape index (κ3) is 1.50. The van der Waals surface area contributed by atoms with Gasteiger partial charge in [0.2, 0.25) is 0 Å². The average Bonchev–Trinajstić information content (AvgIpc) is 2.49. The zero-order chi connectivity index (χ0) is 10.1. The normalized spacial score (nSPS) is 19.2. The number of hydrogen-bond acceptors (Lipinski definition) is 2. The molecule has 0 fully saturated rings. The first kappa shape index (κ1) is 9.53. The summed E-state index contributed by atoms with van der Waals surface area (Å²) in [5.41, 5.74) is 9.50. The van der Waals surface area contributed by atoms with Gasteiger partial charge in [0.05, 0.1) is 6.61 Å². The molecule has 1 aromatic carbocycles. The summed E-state index contributed by atoms with van der Waals surface area (Å²) >= 11 is 0. The molecule has 2 nitrogen and oxygen atoms in total. The van der Waals surface area contributed by atoms with E-state index in [1.807, 2.05) is 0 Å². The van der Waals surface area contributed by atoms with Crippen LogP contribution >= 0.6 is 0 Å². The molecular formula is C12H17NO. The summed E-state index contributed by atoms with van der Waals surface area (Å²) in [6.45, 7) is 5.78. The van der Waals surface area contributed by atoms with Crippen LogP contribution in [0.4, 0.5) is 0 Å². The van der Waals surface area contributed by atoms with Gasteiger partial charge in [-0.15, -0.1) is 0 Å². The molecule has 2 rings (SSSR count). The highest BCUT2D eigenvalue weighted by Crippen LogP contribution is 2.38. The fourth-order valence-electron chi connectivity index (χ4n) is 2.20. The van der Waals surface area contributed by atoms with Crippen molar-refractivity contribution in [2.45, 2.75) is 26.2 Å².